The third kappa shape index (κ3) is 3.56. The van der Waals surface area contributed by atoms with Crippen molar-refractivity contribution >= 4 is 11.7 Å². The van der Waals surface area contributed by atoms with Gasteiger partial charge in [0.25, 0.3) is 0 Å². The lowest BCUT2D eigenvalue weighted by molar-refractivity contribution is -0.125. The van der Waals surface area contributed by atoms with Crippen LogP contribution in [0.4, 0.5) is 5.82 Å². The van der Waals surface area contributed by atoms with Gasteiger partial charge in [-0.15, -0.1) is 10.2 Å². The van der Waals surface area contributed by atoms with Crippen molar-refractivity contribution in [2.24, 2.45) is 5.92 Å². The van der Waals surface area contributed by atoms with Crippen LogP contribution < -0.4 is 10.2 Å². The molecule has 1 N–H and O–H groups in total. The average Bonchev–Trinajstić information content (AvgIpc) is 3.40. The molecule has 0 aromatic carbocycles. The van der Waals surface area contributed by atoms with E-state index in [2.05, 4.69) is 30.5 Å². The Morgan fingerprint density at radius 1 is 1.27 bits per heavy atom. The lowest BCUT2D eigenvalue weighted by atomic mass is 9.97. The molecule has 3 aromatic heterocycles. The van der Waals surface area contributed by atoms with Crippen molar-refractivity contribution in [1.29, 1.82) is 0 Å². The molecule has 0 bridgehead atoms. The van der Waals surface area contributed by atoms with Crippen molar-refractivity contribution in [2.45, 2.75) is 19.4 Å². The van der Waals surface area contributed by atoms with E-state index < -0.39 is 0 Å². The average molecular weight is 353 g/mol. The van der Waals surface area contributed by atoms with Crippen molar-refractivity contribution in [3.05, 3.63) is 48.9 Å². The van der Waals surface area contributed by atoms with Gasteiger partial charge in [0.1, 0.15) is 18.4 Å². The highest BCUT2D eigenvalue weighted by atomic mass is 16.3. The normalized spacial score (nSPS) is 17.2. The summed E-state index contributed by atoms with van der Waals surface area (Å²) in [6.07, 6.45) is 6.43. The molecule has 3 aromatic rings. The van der Waals surface area contributed by atoms with Gasteiger partial charge < -0.3 is 14.6 Å². The highest BCUT2D eigenvalue weighted by Gasteiger charge is 2.26. The van der Waals surface area contributed by atoms with Crippen LogP contribution >= 0.6 is 0 Å². The van der Waals surface area contributed by atoms with Crippen molar-refractivity contribution < 1.29 is 9.21 Å². The van der Waals surface area contributed by atoms with Gasteiger partial charge >= 0.3 is 0 Å². The number of nitrogens with zero attached hydrogens (tertiary/aromatic N) is 6. The molecular weight excluding hydrogens is 334 g/mol. The van der Waals surface area contributed by atoms with Gasteiger partial charge in [-0.1, -0.05) is 0 Å². The molecule has 0 saturated carbocycles. The minimum atomic E-state index is -0.0736. The van der Waals surface area contributed by atoms with Gasteiger partial charge in [0.15, 0.2) is 11.6 Å². The summed E-state index contributed by atoms with van der Waals surface area (Å²) in [5.41, 5.74) is 0. The zero-order valence-corrected chi connectivity index (χ0v) is 14.2. The van der Waals surface area contributed by atoms with Gasteiger partial charge in [0.2, 0.25) is 5.91 Å². The third-order valence-corrected chi connectivity index (χ3v) is 4.42. The summed E-state index contributed by atoms with van der Waals surface area (Å²) in [4.78, 5) is 18.4. The van der Waals surface area contributed by atoms with E-state index in [1.54, 1.807) is 17.3 Å². The van der Waals surface area contributed by atoms with Crippen molar-refractivity contribution in [2.75, 3.05) is 18.0 Å². The quantitative estimate of drug-likeness (QED) is 0.735. The van der Waals surface area contributed by atoms with E-state index in [9.17, 15) is 4.79 Å². The number of piperidine rings is 1. The van der Waals surface area contributed by atoms with Crippen LogP contribution in [0.5, 0.6) is 0 Å². The molecule has 9 heteroatoms. The fraction of sp³-hybridized carbons (Fsp3) is 0.353. The monoisotopic (exact) mass is 353 g/mol. The lowest BCUT2D eigenvalue weighted by Crippen LogP contribution is -2.43. The number of furan rings is 1. The van der Waals surface area contributed by atoms with Crippen molar-refractivity contribution in [3.8, 4) is 5.82 Å². The molecule has 1 atom stereocenters. The van der Waals surface area contributed by atoms with Crippen LogP contribution in [0.2, 0.25) is 0 Å². The van der Waals surface area contributed by atoms with Gasteiger partial charge in [-0.05, 0) is 37.1 Å². The highest BCUT2D eigenvalue weighted by molar-refractivity contribution is 5.79. The standard InChI is InChI=1S/C17H19N7O2/c25-17(19-9-14-4-2-8-26-14)13-3-1-7-23(10-13)15-5-6-16(22-21-15)24-12-18-11-20-24/h2,4-6,8,11-13H,1,3,7,9-10H2,(H,19,25). The number of rotatable bonds is 5. The zero-order valence-electron chi connectivity index (χ0n) is 14.2. The molecule has 0 spiro atoms. The number of aromatic nitrogens is 5. The molecule has 0 aliphatic carbocycles. The Morgan fingerprint density at radius 2 is 2.15 bits per heavy atom. The second-order valence-electron chi connectivity index (χ2n) is 6.17. The Morgan fingerprint density at radius 3 is 2.88 bits per heavy atom. The van der Waals surface area contributed by atoms with Crippen LogP contribution in [-0.2, 0) is 11.3 Å². The van der Waals surface area contributed by atoms with Crippen LogP contribution in [0.25, 0.3) is 5.82 Å². The summed E-state index contributed by atoms with van der Waals surface area (Å²) >= 11 is 0. The van der Waals surface area contributed by atoms with E-state index >= 15 is 0 Å². The molecule has 1 saturated heterocycles. The van der Waals surface area contributed by atoms with Gasteiger partial charge in [-0.25, -0.2) is 9.67 Å². The van der Waals surface area contributed by atoms with Crippen LogP contribution in [-0.4, -0.2) is 44.0 Å². The van der Waals surface area contributed by atoms with E-state index in [1.807, 2.05) is 24.3 Å². The number of amides is 1. The Balaban J connectivity index is 1.37. The maximum absolute atomic E-state index is 12.4. The molecule has 1 aliphatic heterocycles. The zero-order chi connectivity index (χ0) is 17.8. The third-order valence-electron chi connectivity index (χ3n) is 4.42. The first-order valence-corrected chi connectivity index (χ1v) is 8.53. The van der Waals surface area contributed by atoms with Gasteiger partial charge in [0.05, 0.1) is 18.7 Å². The number of carbonyl (C=O) groups excluding carboxylic acids is 1. The second kappa shape index (κ2) is 7.34. The maximum atomic E-state index is 12.4. The maximum Gasteiger partial charge on any atom is 0.225 e. The Labute approximate surface area is 150 Å². The summed E-state index contributed by atoms with van der Waals surface area (Å²) < 4.78 is 6.80. The van der Waals surface area contributed by atoms with Crippen LogP contribution in [0.15, 0.2) is 47.6 Å². The molecule has 1 amide bonds. The van der Waals surface area contributed by atoms with Crippen molar-refractivity contribution in [3.63, 3.8) is 0 Å². The Kier molecular flexibility index (Phi) is 4.59. The summed E-state index contributed by atoms with van der Waals surface area (Å²) in [6, 6.07) is 7.40. The fourth-order valence-electron chi connectivity index (χ4n) is 3.07. The molecular formula is C17H19N7O2. The van der Waals surface area contributed by atoms with Crippen LogP contribution in [0, 0.1) is 5.92 Å². The minimum absolute atomic E-state index is 0.0401. The molecule has 4 rings (SSSR count). The van der Waals surface area contributed by atoms with E-state index in [4.69, 9.17) is 4.42 Å². The molecule has 9 nitrogen and oxygen atoms in total. The lowest BCUT2D eigenvalue weighted by Gasteiger charge is -2.32. The minimum Gasteiger partial charge on any atom is -0.467 e. The molecule has 26 heavy (non-hydrogen) atoms. The summed E-state index contributed by atoms with van der Waals surface area (Å²) in [7, 11) is 0. The predicted molar refractivity (Wildman–Crippen MR) is 92.4 cm³/mol. The Hall–Kier alpha value is -3.23. The fourth-order valence-corrected chi connectivity index (χ4v) is 3.07. The number of nitrogens with one attached hydrogen (secondary N) is 1. The highest BCUT2D eigenvalue weighted by Crippen LogP contribution is 2.22. The molecule has 4 heterocycles. The van der Waals surface area contributed by atoms with E-state index in [1.165, 1.54) is 6.33 Å². The SMILES string of the molecule is O=C(NCc1ccco1)C1CCCN(c2ccc(-n3cncn3)nn2)C1. The van der Waals surface area contributed by atoms with Crippen LogP contribution in [0.3, 0.4) is 0 Å². The van der Waals surface area contributed by atoms with Gasteiger partial charge in [0, 0.05) is 13.1 Å². The Bertz CT molecular complexity index is 831. The van der Waals surface area contributed by atoms with Gasteiger partial charge in [-0.2, -0.15) is 5.10 Å². The first-order valence-electron chi connectivity index (χ1n) is 8.53. The molecule has 1 unspecified atom stereocenters. The predicted octanol–water partition coefficient (Wildman–Crippen LogP) is 1.18. The number of carbonyl (C=O) groups is 1. The van der Waals surface area contributed by atoms with E-state index in [-0.39, 0.29) is 11.8 Å². The van der Waals surface area contributed by atoms with E-state index in [0.29, 0.717) is 18.9 Å². The second-order valence-corrected chi connectivity index (χ2v) is 6.17. The smallest absolute Gasteiger partial charge is 0.225 e. The van der Waals surface area contributed by atoms with Gasteiger partial charge in [-0.3, -0.25) is 4.79 Å². The summed E-state index contributed by atoms with van der Waals surface area (Å²) in [5, 5.41) is 15.4. The first-order chi connectivity index (χ1) is 12.8. The molecule has 1 aliphatic rings. The summed E-state index contributed by atoms with van der Waals surface area (Å²) in [6.45, 7) is 1.90. The number of hydrogen-bond acceptors (Lipinski definition) is 7. The molecule has 134 valence electrons. The molecule has 1 fully saturated rings. The van der Waals surface area contributed by atoms with Crippen LogP contribution in [0.1, 0.15) is 18.6 Å². The topological polar surface area (TPSA) is 102 Å². The first kappa shape index (κ1) is 16.2. The number of hydrogen-bond donors (Lipinski definition) is 1. The number of anilines is 1. The van der Waals surface area contributed by atoms with Crippen molar-refractivity contribution in [1.82, 2.24) is 30.3 Å². The van der Waals surface area contributed by atoms with E-state index in [0.717, 1.165) is 31.0 Å². The summed E-state index contributed by atoms with van der Waals surface area (Å²) in [5.74, 6) is 2.09. The largest absolute Gasteiger partial charge is 0.467 e. The molecule has 0 radical (unpaired) electrons.